The second-order valence-electron chi connectivity index (χ2n) is 5.01. The Morgan fingerprint density at radius 3 is 2.81 bits per heavy atom. The monoisotopic (exact) mass is 334 g/mol. The summed E-state index contributed by atoms with van der Waals surface area (Å²) in [5.74, 6) is 1.09. The highest BCUT2D eigenvalue weighted by molar-refractivity contribution is 7.89. The van der Waals surface area contributed by atoms with E-state index >= 15 is 0 Å². The van der Waals surface area contributed by atoms with Gasteiger partial charge in [0, 0.05) is 25.2 Å². The molecule has 2 aliphatic heterocycles. The molecule has 0 radical (unpaired) electrons. The molecule has 0 amide bonds. The summed E-state index contributed by atoms with van der Waals surface area (Å²) in [5.41, 5.74) is 0. The number of hydrogen-bond donors (Lipinski definition) is 1. The highest BCUT2D eigenvalue weighted by Crippen LogP contribution is 2.35. The molecule has 3 rings (SSSR count). The van der Waals surface area contributed by atoms with Crippen molar-refractivity contribution in [2.24, 2.45) is 0 Å². The van der Waals surface area contributed by atoms with Crippen molar-refractivity contribution in [2.75, 3.05) is 26.9 Å². The number of hydrogen-bond acceptors (Lipinski definition) is 5. The molecule has 2 aliphatic rings. The molecule has 1 aromatic rings. The van der Waals surface area contributed by atoms with E-state index < -0.39 is 10.0 Å². The summed E-state index contributed by atoms with van der Waals surface area (Å²) in [4.78, 5) is 0.263. The second-order valence-corrected chi connectivity index (χ2v) is 6.94. The Labute approximate surface area is 130 Å². The number of nitrogens with one attached hydrogen (secondary N) is 1. The molecule has 21 heavy (non-hydrogen) atoms. The molecule has 1 N–H and O–H groups in total. The van der Waals surface area contributed by atoms with E-state index in [1.807, 2.05) is 7.05 Å². The van der Waals surface area contributed by atoms with Crippen LogP contribution in [0.25, 0.3) is 0 Å². The predicted octanol–water partition coefficient (Wildman–Crippen LogP) is 1.21. The Morgan fingerprint density at radius 2 is 2.05 bits per heavy atom. The van der Waals surface area contributed by atoms with Crippen molar-refractivity contribution in [3.8, 4) is 11.5 Å². The van der Waals surface area contributed by atoms with Gasteiger partial charge in [0.1, 0.15) is 0 Å². The standard InChI is InChI=1S/C13H18N2O4S.ClH/c1-14-10-3-2-6-15(8-10)20(16,17)11-4-5-12-13(7-11)19-9-18-12;/h4-5,7,10,14H,2-3,6,8-9H2,1H3;1H. The van der Waals surface area contributed by atoms with Gasteiger partial charge in [0.25, 0.3) is 0 Å². The number of likely N-dealkylation sites (N-methyl/N-ethyl adjacent to an activating group) is 1. The number of halogens is 1. The van der Waals surface area contributed by atoms with E-state index in [4.69, 9.17) is 9.47 Å². The van der Waals surface area contributed by atoms with Crippen molar-refractivity contribution in [2.45, 2.75) is 23.8 Å². The first kappa shape index (κ1) is 16.4. The van der Waals surface area contributed by atoms with Crippen LogP contribution in [0.3, 0.4) is 0 Å². The maximum absolute atomic E-state index is 12.7. The Kier molecular flexibility index (Phi) is 4.98. The number of fused-ring (bicyclic) bond motifs is 1. The summed E-state index contributed by atoms with van der Waals surface area (Å²) in [6, 6.07) is 4.98. The van der Waals surface area contributed by atoms with Crippen LogP contribution < -0.4 is 14.8 Å². The minimum Gasteiger partial charge on any atom is -0.454 e. The minimum absolute atomic E-state index is 0. The van der Waals surface area contributed by atoms with Crippen molar-refractivity contribution in [3.05, 3.63) is 18.2 Å². The van der Waals surface area contributed by atoms with Gasteiger partial charge in [-0.15, -0.1) is 12.4 Å². The van der Waals surface area contributed by atoms with Crippen LogP contribution in [0.5, 0.6) is 11.5 Å². The van der Waals surface area contributed by atoms with Gasteiger partial charge < -0.3 is 14.8 Å². The molecule has 1 atom stereocenters. The van der Waals surface area contributed by atoms with Crippen molar-refractivity contribution >= 4 is 22.4 Å². The molecule has 0 saturated carbocycles. The Hall–Kier alpha value is -1.02. The molecule has 1 aromatic carbocycles. The van der Waals surface area contributed by atoms with Gasteiger partial charge in [-0.1, -0.05) is 0 Å². The summed E-state index contributed by atoms with van der Waals surface area (Å²) in [5, 5.41) is 3.15. The van der Waals surface area contributed by atoms with Gasteiger partial charge in [-0.25, -0.2) is 8.42 Å². The smallest absolute Gasteiger partial charge is 0.243 e. The van der Waals surface area contributed by atoms with E-state index in [9.17, 15) is 8.42 Å². The first-order chi connectivity index (χ1) is 9.61. The SMILES string of the molecule is CNC1CCCN(S(=O)(=O)c2ccc3c(c2)OCO3)C1.Cl. The van der Waals surface area contributed by atoms with Crippen LogP contribution in [0.2, 0.25) is 0 Å². The first-order valence-electron chi connectivity index (χ1n) is 6.68. The van der Waals surface area contributed by atoms with E-state index in [1.165, 1.54) is 4.31 Å². The highest BCUT2D eigenvalue weighted by Gasteiger charge is 2.30. The lowest BCUT2D eigenvalue weighted by molar-refractivity contribution is 0.174. The number of ether oxygens (including phenoxy) is 2. The van der Waals surface area contributed by atoms with E-state index in [-0.39, 0.29) is 30.1 Å². The molecule has 118 valence electrons. The van der Waals surface area contributed by atoms with E-state index in [2.05, 4.69) is 5.32 Å². The Morgan fingerprint density at radius 1 is 1.29 bits per heavy atom. The Bertz CT molecular complexity index is 608. The van der Waals surface area contributed by atoms with Gasteiger partial charge in [-0.05, 0) is 32.0 Å². The second kappa shape index (κ2) is 6.39. The van der Waals surface area contributed by atoms with Crippen molar-refractivity contribution in [3.63, 3.8) is 0 Å². The molecule has 1 saturated heterocycles. The topological polar surface area (TPSA) is 67.9 Å². The summed E-state index contributed by atoms with van der Waals surface area (Å²) >= 11 is 0. The maximum Gasteiger partial charge on any atom is 0.243 e. The van der Waals surface area contributed by atoms with E-state index in [0.717, 1.165) is 12.8 Å². The fraction of sp³-hybridized carbons (Fsp3) is 0.538. The minimum atomic E-state index is -3.47. The van der Waals surface area contributed by atoms with Crippen LogP contribution in [-0.2, 0) is 10.0 Å². The van der Waals surface area contributed by atoms with Crippen molar-refractivity contribution < 1.29 is 17.9 Å². The third-order valence-corrected chi connectivity index (χ3v) is 5.64. The molecule has 1 unspecified atom stereocenters. The van der Waals surface area contributed by atoms with Crippen LogP contribution in [-0.4, -0.2) is 45.7 Å². The van der Waals surface area contributed by atoms with Gasteiger partial charge in [-0.3, -0.25) is 0 Å². The van der Waals surface area contributed by atoms with Crippen molar-refractivity contribution in [1.82, 2.24) is 9.62 Å². The predicted molar refractivity (Wildman–Crippen MR) is 80.7 cm³/mol. The van der Waals surface area contributed by atoms with Gasteiger partial charge >= 0.3 is 0 Å². The summed E-state index contributed by atoms with van der Waals surface area (Å²) in [6.07, 6.45) is 1.87. The number of piperidine rings is 1. The Balaban J connectivity index is 0.00000161. The number of benzene rings is 1. The number of nitrogens with zero attached hydrogens (tertiary/aromatic N) is 1. The lowest BCUT2D eigenvalue weighted by atomic mass is 10.1. The zero-order valence-electron chi connectivity index (χ0n) is 11.7. The fourth-order valence-electron chi connectivity index (χ4n) is 2.58. The average molecular weight is 335 g/mol. The first-order valence-corrected chi connectivity index (χ1v) is 8.12. The van der Waals surface area contributed by atoms with E-state index in [0.29, 0.717) is 24.6 Å². The molecule has 0 aliphatic carbocycles. The largest absolute Gasteiger partial charge is 0.454 e. The van der Waals surface area contributed by atoms with Crippen LogP contribution in [0.15, 0.2) is 23.1 Å². The van der Waals surface area contributed by atoms with Crippen LogP contribution in [0.1, 0.15) is 12.8 Å². The highest BCUT2D eigenvalue weighted by atomic mass is 35.5. The lowest BCUT2D eigenvalue weighted by Crippen LogP contribution is -2.46. The number of sulfonamides is 1. The van der Waals surface area contributed by atoms with Gasteiger partial charge in [0.05, 0.1) is 4.90 Å². The zero-order chi connectivity index (χ0) is 14.2. The fourth-order valence-corrected chi connectivity index (χ4v) is 4.12. The van der Waals surface area contributed by atoms with Crippen LogP contribution in [0.4, 0.5) is 0 Å². The van der Waals surface area contributed by atoms with Gasteiger partial charge in [0.2, 0.25) is 16.8 Å². The van der Waals surface area contributed by atoms with Gasteiger partial charge in [0.15, 0.2) is 11.5 Å². The maximum atomic E-state index is 12.7. The van der Waals surface area contributed by atoms with Gasteiger partial charge in [-0.2, -0.15) is 4.31 Å². The molecular formula is C13H19ClN2O4S. The van der Waals surface area contributed by atoms with Crippen molar-refractivity contribution in [1.29, 1.82) is 0 Å². The lowest BCUT2D eigenvalue weighted by Gasteiger charge is -2.31. The molecule has 0 spiro atoms. The third kappa shape index (κ3) is 3.11. The summed E-state index contributed by atoms with van der Waals surface area (Å²) in [7, 11) is -1.61. The molecule has 1 fully saturated rings. The average Bonchev–Trinajstić information content (AvgIpc) is 2.94. The molecule has 2 heterocycles. The molecule has 0 bridgehead atoms. The van der Waals surface area contributed by atoms with Crippen LogP contribution in [0, 0.1) is 0 Å². The number of rotatable bonds is 3. The molecule has 0 aromatic heterocycles. The van der Waals surface area contributed by atoms with Crippen LogP contribution >= 0.6 is 12.4 Å². The van der Waals surface area contributed by atoms with E-state index in [1.54, 1.807) is 18.2 Å². The third-order valence-electron chi connectivity index (χ3n) is 3.77. The molecular weight excluding hydrogens is 316 g/mol. The zero-order valence-corrected chi connectivity index (χ0v) is 13.4. The molecule has 6 nitrogen and oxygen atoms in total. The quantitative estimate of drug-likeness (QED) is 0.900. The summed E-state index contributed by atoms with van der Waals surface area (Å²) in [6.45, 7) is 1.21. The summed E-state index contributed by atoms with van der Waals surface area (Å²) < 4.78 is 37.3. The molecule has 8 heteroatoms. The normalized spacial score (nSPS) is 21.9.